The molecule has 0 saturated carbocycles. The summed E-state index contributed by atoms with van der Waals surface area (Å²) in [5.74, 6) is -0.805. The van der Waals surface area contributed by atoms with Crippen LogP contribution in [-0.4, -0.2) is 51.4 Å². The third kappa shape index (κ3) is 4.43. The molecule has 0 aromatic carbocycles. The molecular weight excluding hydrogens is 502 g/mol. The smallest absolute Gasteiger partial charge is 0.331 e. The van der Waals surface area contributed by atoms with E-state index in [4.69, 9.17) is 14.5 Å². The first-order valence-corrected chi connectivity index (χ1v) is 14.4. The predicted molar refractivity (Wildman–Crippen MR) is 137 cm³/mol. The fraction of sp³-hybridized carbons (Fsp3) is 0.625. The van der Waals surface area contributed by atoms with E-state index >= 15 is 0 Å². The Morgan fingerprint density at radius 2 is 1.89 bits per heavy atom. The van der Waals surface area contributed by atoms with Crippen molar-refractivity contribution in [3.8, 4) is 0 Å². The normalized spacial score (nSPS) is 22.8. The van der Waals surface area contributed by atoms with E-state index in [9.17, 15) is 14.1 Å². The van der Waals surface area contributed by atoms with Crippen LogP contribution >= 0.6 is 11.3 Å². The third-order valence-electron chi connectivity index (χ3n) is 7.16. The van der Waals surface area contributed by atoms with E-state index in [2.05, 4.69) is 33.2 Å². The Morgan fingerprint density at radius 1 is 1.17 bits per heavy atom. The maximum Gasteiger partial charge on any atom is 0.331 e. The zero-order valence-corrected chi connectivity index (χ0v) is 22.9. The number of thiazole rings is 1. The molecule has 3 N–H and O–H groups in total. The van der Waals surface area contributed by atoms with Gasteiger partial charge in [-0.15, -0.1) is 11.3 Å². The minimum absolute atomic E-state index is 0.0140. The van der Waals surface area contributed by atoms with E-state index in [1.807, 2.05) is 0 Å². The van der Waals surface area contributed by atoms with Crippen LogP contribution in [0.2, 0.25) is 0 Å². The Bertz CT molecular complexity index is 1330. The highest BCUT2D eigenvalue weighted by Crippen LogP contribution is 2.44. The lowest BCUT2D eigenvalue weighted by molar-refractivity contribution is -0.304. The number of carbonyl (C=O) groups excluding carboxylic acids is 1. The van der Waals surface area contributed by atoms with Crippen LogP contribution in [0.1, 0.15) is 68.1 Å². The van der Waals surface area contributed by atoms with Crippen molar-refractivity contribution in [2.24, 2.45) is 4.36 Å². The summed E-state index contributed by atoms with van der Waals surface area (Å²) in [5.41, 5.74) is 3.50. The molecule has 0 spiro atoms. The monoisotopic (exact) mass is 535 g/mol. The molecule has 1 atom stereocenters. The first kappa shape index (κ1) is 25.5. The van der Waals surface area contributed by atoms with Crippen LogP contribution in [0.5, 0.6) is 0 Å². The second-order valence-electron chi connectivity index (χ2n) is 10.7. The SMILES string of the molecule is CN=S(=O)(NC(=O)Nc1c2c(nc3c1CCC3(C)C)CCC2)c1cnc(C2(O)COC(C)(C)OC2)s1. The van der Waals surface area contributed by atoms with Crippen LogP contribution in [0.4, 0.5) is 10.5 Å². The number of hydrogen-bond donors (Lipinski definition) is 3. The molecule has 2 aromatic heterocycles. The maximum atomic E-state index is 13.7. The van der Waals surface area contributed by atoms with Gasteiger partial charge in [0, 0.05) is 18.2 Å². The number of anilines is 1. The number of rotatable bonds is 4. The van der Waals surface area contributed by atoms with E-state index in [-0.39, 0.29) is 22.8 Å². The highest BCUT2D eigenvalue weighted by Gasteiger charge is 2.43. The molecule has 2 aromatic rings. The molecule has 1 fully saturated rings. The Morgan fingerprint density at radius 3 is 2.58 bits per heavy atom. The molecule has 2 aliphatic carbocycles. The van der Waals surface area contributed by atoms with E-state index in [1.54, 1.807) is 13.8 Å². The molecule has 1 unspecified atom stereocenters. The zero-order valence-electron chi connectivity index (χ0n) is 21.3. The minimum atomic E-state index is -3.33. The molecule has 36 heavy (non-hydrogen) atoms. The van der Waals surface area contributed by atoms with Gasteiger partial charge in [0.15, 0.2) is 21.3 Å². The summed E-state index contributed by atoms with van der Waals surface area (Å²) in [6, 6.07) is -0.599. The summed E-state index contributed by atoms with van der Waals surface area (Å²) in [5, 5.41) is 14.3. The van der Waals surface area contributed by atoms with Crippen molar-refractivity contribution < 1.29 is 23.6 Å². The number of urea groups is 1. The number of ether oxygens (including phenoxy) is 2. The Kier molecular flexibility index (Phi) is 6.19. The van der Waals surface area contributed by atoms with Crippen LogP contribution in [-0.2, 0) is 49.7 Å². The Hall–Kier alpha value is -2.12. The van der Waals surface area contributed by atoms with E-state index in [0.29, 0.717) is 5.01 Å². The molecule has 196 valence electrons. The summed E-state index contributed by atoms with van der Waals surface area (Å²) in [4.78, 5) is 22.4. The molecule has 1 saturated heterocycles. The lowest BCUT2D eigenvalue weighted by Gasteiger charge is -2.39. The number of aliphatic hydroxyl groups is 1. The van der Waals surface area contributed by atoms with Crippen molar-refractivity contribution in [1.82, 2.24) is 14.7 Å². The van der Waals surface area contributed by atoms with E-state index < -0.39 is 27.3 Å². The quantitative estimate of drug-likeness (QED) is 0.546. The van der Waals surface area contributed by atoms with Crippen molar-refractivity contribution in [3.05, 3.63) is 33.7 Å². The van der Waals surface area contributed by atoms with Crippen LogP contribution in [0, 0.1) is 0 Å². The van der Waals surface area contributed by atoms with E-state index in [0.717, 1.165) is 71.6 Å². The largest absolute Gasteiger partial charge is 0.378 e. The molecule has 3 aliphatic rings. The van der Waals surface area contributed by atoms with Crippen LogP contribution in [0.3, 0.4) is 0 Å². The highest BCUT2D eigenvalue weighted by atomic mass is 32.2. The van der Waals surface area contributed by atoms with Gasteiger partial charge >= 0.3 is 6.03 Å². The molecule has 3 heterocycles. The zero-order chi connectivity index (χ0) is 25.9. The number of hydrogen-bond acceptors (Lipinski definition) is 9. The van der Waals surface area contributed by atoms with Gasteiger partial charge in [0.1, 0.15) is 9.22 Å². The topological polar surface area (TPSA) is 135 Å². The van der Waals surface area contributed by atoms with Gasteiger partial charge in [-0.1, -0.05) is 13.8 Å². The molecule has 12 heteroatoms. The molecule has 0 bridgehead atoms. The van der Waals surface area contributed by atoms with Crippen LogP contribution in [0.25, 0.3) is 0 Å². The van der Waals surface area contributed by atoms with E-state index in [1.165, 1.54) is 13.2 Å². The van der Waals surface area contributed by atoms with Gasteiger partial charge in [-0.2, -0.15) is 0 Å². The van der Waals surface area contributed by atoms with Crippen molar-refractivity contribution in [3.63, 3.8) is 0 Å². The summed E-state index contributed by atoms with van der Waals surface area (Å²) in [6.07, 6.45) is 5.93. The highest BCUT2D eigenvalue weighted by molar-refractivity contribution is 7.94. The number of fused-ring (bicyclic) bond motifs is 2. The Balaban J connectivity index is 1.38. The van der Waals surface area contributed by atoms with Gasteiger partial charge in [-0.3, -0.25) is 4.98 Å². The minimum Gasteiger partial charge on any atom is -0.378 e. The predicted octanol–water partition coefficient (Wildman–Crippen LogP) is 3.41. The number of aryl methyl sites for hydroxylation is 1. The van der Waals surface area contributed by atoms with Gasteiger partial charge in [0.25, 0.3) is 0 Å². The average Bonchev–Trinajstić information content (AvgIpc) is 3.56. The summed E-state index contributed by atoms with van der Waals surface area (Å²) in [6.45, 7) is 7.86. The second-order valence-corrected chi connectivity index (χ2v) is 14.1. The summed E-state index contributed by atoms with van der Waals surface area (Å²) >= 11 is 1.02. The summed E-state index contributed by atoms with van der Waals surface area (Å²) < 4.78 is 31.7. The molecular formula is C24H33N5O5S2. The van der Waals surface area contributed by atoms with Crippen molar-refractivity contribution >= 4 is 33.0 Å². The first-order chi connectivity index (χ1) is 16.9. The fourth-order valence-electron chi connectivity index (χ4n) is 4.98. The van der Waals surface area contributed by atoms with Gasteiger partial charge in [-0.25, -0.2) is 23.1 Å². The van der Waals surface area contributed by atoms with Crippen molar-refractivity contribution in [1.29, 1.82) is 0 Å². The maximum absolute atomic E-state index is 13.7. The Labute approximate surface area is 215 Å². The van der Waals surface area contributed by atoms with Gasteiger partial charge < -0.3 is 19.9 Å². The molecule has 1 aliphatic heterocycles. The third-order valence-corrected chi connectivity index (χ3v) is 10.7. The average molecular weight is 536 g/mol. The van der Waals surface area contributed by atoms with Crippen LogP contribution < -0.4 is 10.0 Å². The van der Waals surface area contributed by atoms with Gasteiger partial charge in [0.2, 0.25) is 0 Å². The number of nitrogens with zero attached hydrogens (tertiary/aromatic N) is 3. The number of aromatic nitrogens is 2. The number of amides is 2. The van der Waals surface area contributed by atoms with Gasteiger partial charge in [-0.05, 0) is 57.1 Å². The van der Waals surface area contributed by atoms with Crippen molar-refractivity contribution in [2.45, 2.75) is 80.8 Å². The number of nitrogens with one attached hydrogen (secondary N) is 2. The number of pyridine rings is 1. The molecule has 0 radical (unpaired) electrons. The molecule has 2 amide bonds. The van der Waals surface area contributed by atoms with Crippen molar-refractivity contribution in [2.75, 3.05) is 25.6 Å². The first-order valence-electron chi connectivity index (χ1n) is 12.1. The second kappa shape index (κ2) is 8.73. The van der Waals surface area contributed by atoms with Crippen LogP contribution in [0.15, 0.2) is 14.8 Å². The lowest BCUT2D eigenvalue weighted by atomic mass is 9.90. The molecule has 5 rings (SSSR count). The molecule has 10 nitrogen and oxygen atoms in total. The fourth-order valence-corrected chi connectivity index (χ4v) is 7.60. The number of carbonyl (C=O) groups is 1. The van der Waals surface area contributed by atoms with Gasteiger partial charge in [0.05, 0.1) is 30.8 Å². The standard InChI is InChI=1S/C24H33N5O5S2/c1-22(2)10-9-15-18(14-7-6-8-16(14)27-19(15)22)28-21(30)29-36(32,25-5)17-11-26-20(35-17)24(31)12-33-23(3,4)34-13-24/h11,31H,6-10,12-13H2,1-5H3,(H2,25,27,28,29,30,32). The lowest BCUT2D eigenvalue weighted by Crippen LogP contribution is -2.49. The summed E-state index contributed by atoms with van der Waals surface area (Å²) in [7, 11) is -1.95.